The molecule has 2 N–H and O–H groups in total. The van der Waals surface area contributed by atoms with Crippen molar-refractivity contribution in [3.05, 3.63) is 16.6 Å². The molecule has 0 aliphatic carbocycles. The highest BCUT2D eigenvalue weighted by Crippen LogP contribution is 2.11. The first-order chi connectivity index (χ1) is 6.97. The monoisotopic (exact) mass is 227 g/mol. The van der Waals surface area contributed by atoms with Crippen LogP contribution >= 0.6 is 11.3 Å². The van der Waals surface area contributed by atoms with Crippen LogP contribution in [-0.2, 0) is 11.3 Å². The zero-order valence-electron chi connectivity index (χ0n) is 9.36. The molecule has 1 unspecified atom stereocenters. The van der Waals surface area contributed by atoms with Gasteiger partial charge < -0.3 is 10.6 Å². The van der Waals surface area contributed by atoms with Gasteiger partial charge in [0.1, 0.15) is 0 Å². The van der Waals surface area contributed by atoms with E-state index in [4.69, 9.17) is 5.73 Å². The number of rotatable bonds is 4. The number of aromatic nitrogens is 1. The summed E-state index contributed by atoms with van der Waals surface area (Å²) in [6, 6.07) is 0. The van der Waals surface area contributed by atoms with E-state index in [-0.39, 0.29) is 5.91 Å². The summed E-state index contributed by atoms with van der Waals surface area (Å²) in [6.07, 6.45) is 0.632. The van der Waals surface area contributed by atoms with E-state index in [0.717, 1.165) is 5.69 Å². The van der Waals surface area contributed by atoms with Gasteiger partial charge in [0.15, 0.2) is 0 Å². The fourth-order valence-electron chi connectivity index (χ4n) is 1.22. The lowest BCUT2D eigenvalue weighted by Gasteiger charge is -2.27. The fourth-order valence-corrected chi connectivity index (χ4v) is 1.77. The molecule has 0 saturated heterocycles. The summed E-state index contributed by atoms with van der Waals surface area (Å²) in [6.45, 7) is 4.19. The van der Waals surface area contributed by atoms with Crippen LogP contribution < -0.4 is 5.73 Å². The zero-order chi connectivity index (χ0) is 11.5. The number of nitrogens with two attached hydrogens (primary N) is 1. The van der Waals surface area contributed by atoms with Crippen molar-refractivity contribution < 1.29 is 4.79 Å². The van der Waals surface area contributed by atoms with Crippen molar-refractivity contribution in [2.24, 2.45) is 5.73 Å². The highest BCUT2D eigenvalue weighted by Gasteiger charge is 2.29. The van der Waals surface area contributed by atoms with E-state index >= 15 is 0 Å². The maximum Gasteiger partial charge on any atom is 0.242 e. The molecule has 1 aromatic heterocycles. The Kier molecular flexibility index (Phi) is 3.82. The molecule has 5 heteroatoms. The second-order valence-corrected chi connectivity index (χ2v) is 4.63. The number of hydrogen-bond acceptors (Lipinski definition) is 4. The van der Waals surface area contributed by atoms with E-state index < -0.39 is 5.54 Å². The average molecular weight is 227 g/mol. The van der Waals surface area contributed by atoms with Crippen molar-refractivity contribution in [1.82, 2.24) is 9.88 Å². The summed E-state index contributed by atoms with van der Waals surface area (Å²) >= 11 is 1.53. The summed E-state index contributed by atoms with van der Waals surface area (Å²) in [5.74, 6) is -0.0435. The quantitative estimate of drug-likeness (QED) is 0.841. The minimum atomic E-state index is -0.773. The predicted octanol–water partition coefficient (Wildman–Crippen LogP) is 1.23. The lowest BCUT2D eigenvalue weighted by molar-refractivity contribution is -0.135. The van der Waals surface area contributed by atoms with Crippen LogP contribution in [0.15, 0.2) is 10.9 Å². The Morgan fingerprint density at radius 2 is 2.40 bits per heavy atom. The molecule has 1 amide bonds. The molecule has 0 fully saturated rings. The van der Waals surface area contributed by atoms with E-state index in [0.29, 0.717) is 13.0 Å². The maximum absolute atomic E-state index is 11.9. The number of nitrogens with zero attached hydrogens (tertiary/aromatic N) is 2. The lowest BCUT2D eigenvalue weighted by Crippen LogP contribution is -2.51. The first-order valence-corrected chi connectivity index (χ1v) is 5.83. The third-order valence-electron chi connectivity index (χ3n) is 2.45. The summed E-state index contributed by atoms with van der Waals surface area (Å²) < 4.78 is 0. The van der Waals surface area contributed by atoms with Gasteiger partial charge in [-0.1, -0.05) is 6.92 Å². The van der Waals surface area contributed by atoms with Gasteiger partial charge in [-0.3, -0.25) is 4.79 Å². The number of hydrogen-bond donors (Lipinski definition) is 1. The summed E-state index contributed by atoms with van der Waals surface area (Å²) in [7, 11) is 1.75. The first-order valence-electron chi connectivity index (χ1n) is 4.89. The molecule has 1 rings (SSSR count). The van der Waals surface area contributed by atoms with Crippen LogP contribution in [0, 0.1) is 0 Å². The topological polar surface area (TPSA) is 59.2 Å². The number of amides is 1. The highest BCUT2D eigenvalue weighted by atomic mass is 32.1. The molecule has 4 nitrogen and oxygen atoms in total. The molecular weight excluding hydrogens is 210 g/mol. The van der Waals surface area contributed by atoms with Crippen LogP contribution in [-0.4, -0.2) is 28.4 Å². The van der Waals surface area contributed by atoms with Crippen molar-refractivity contribution in [1.29, 1.82) is 0 Å². The van der Waals surface area contributed by atoms with Gasteiger partial charge in [0, 0.05) is 12.4 Å². The maximum atomic E-state index is 11.9. The smallest absolute Gasteiger partial charge is 0.242 e. The van der Waals surface area contributed by atoms with Crippen LogP contribution in [0.5, 0.6) is 0 Å². The molecule has 1 heterocycles. The Bertz CT molecular complexity index is 321. The zero-order valence-corrected chi connectivity index (χ0v) is 10.2. The third-order valence-corrected chi connectivity index (χ3v) is 3.09. The third kappa shape index (κ3) is 3.00. The molecule has 0 radical (unpaired) electrons. The summed E-state index contributed by atoms with van der Waals surface area (Å²) in [4.78, 5) is 17.7. The van der Waals surface area contributed by atoms with Crippen molar-refractivity contribution in [2.75, 3.05) is 7.05 Å². The second kappa shape index (κ2) is 4.72. The summed E-state index contributed by atoms with van der Waals surface area (Å²) in [5.41, 5.74) is 7.77. The Hall–Kier alpha value is -0.940. The van der Waals surface area contributed by atoms with Crippen molar-refractivity contribution in [3.8, 4) is 0 Å². The molecule has 1 atom stereocenters. The minimum absolute atomic E-state index is 0.0435. The molecule has 0 aliphatic rings. The first kappa shape index (κ1) is 12.1. The van der Waals surface area contributed by atoms with E-state index in [1.165, 1.54) is 11.3 Å². The van der Waals surface area contributed by atoms with E-state index in [9.17, 15) is 4.79 Å². The number of carbonyl (C=O) groups excluding carboxylic acids is 1. The largest absolute Gasteiger partial charge is 0.338 e. The van der Waals surface area contributed by atoms with Crippen LogP contribution in [0.2, 0.25) is 0 Å². The van der Waals surface area contributed by atoms with Crippen molar-refractivity contribution in [2.45, 2.75) is 32.4 Å². The van der Waals surface area contributed by atoms with Gasteiger partial charge in [-0.05, 0) is 13.3 Å². The van der Waals surface area contributed by atoms with Crippen molar-refractivity contribution >= 4 is 17.2 Å². The Morgan fingerprint density at radius 1 is 1.73 bits per heavy atom. The molecule has 0 spiro atoms. The molecule has 0 saturated carbocycles. The number of thiazole rings is 1. The molecule has 15 heavy (non-hydrogen) atoms. The average Bonchev–Trinajstić information content (AvgIpc) is 2.69. The van der Waals surface area contributed by atoms with Gasteiger partial charge in [-0.2, -0.15) is 0 Å². The molecule has 0 bridgehead atoms. The Morgan fingerprint density at radius 3 is 2.87 bits per heavy atom. The van der Waals surface area contributed by atoms with Gasteiger partial charge in [0.05, 0.1) is 23.3 Å². The highest BCUT2D eigenvalue weighted by molar-refractivity contribution is 7.07. The fraction of sp³-hybridized carbons (Fsp3) is 0.600. The van der Waals surface area contributed by atoms with Crippen LogP contribution in [0.1, 0.15) is 26.0 Å². The second-order valence-electron chi connectivity index (χ2n) is 3.91. The minimum Gasteiger partial charge on any atom is -0.338 e. The Labute approximate surface area is 94.1 Å². The van der Waals surface area contributed by atoms with Crippen molar-refractivity contribution in [3.63, 3.8) is 0 Å². The molecular formula is C10H17N3OS. The van der Waals surface area contributed by atoms with Gasteiger partial charge in [-0.15, -0.1) is 11.3 Å². The van der Waals surface area contributed by atoms with Gasteiger partial charge in [0.25, 0.3) is 0 Å². The molecule has 1 aromatic rings. The van der Waals surface area contributed by atoms with Gasteiger partial charge in [0.2, 0.25) is 5.91 Å². The van der Waals surface area contributed by atoms with Crippen LogP contribution in [0.25, 0.3) is 0 Å². The van der Waals surface area contributed by atoms with E-state index in [1.807, 2.05) is 12.3 Å². The molecule has 84 valence electrons. The van der Waals surface area contributed by atoms with E-state index in [1.54, 1.807) is 24.4 Å². The Balaban J connectivity index is 2.61. The van der Waals surface area contributed by atoms with Crippen LogP contribution in [0.4, 0.5) is 0 Å². The number of carbonyl (C=O) groups is 1. The van der Waals surface area contributed by atoms with Gasteiger partial charge >= 0.3 is 0 Å². The van der Waals surface area contributed by atoms with E-state index in [2.05, 4.69) is 4.98 Å². The normalized spacial score (nSPS) is 14.7. The van der Waals surface area contributed by atoms with Gasteiger partial charge in [-0.25, -0.2) is 4.98 Å². The molecule has 0 aromatic carbocycles. The predicted molar refractivity (Wildman–Crippen MR) is 61.5 cm³/mol. The lowest BCUT2D eigenvalue weighted by atomic mass is 9.99. The standard InChI is InChI=1S/C10H17N3OS/c1-4-10(2,11)9(14)13(3)5-8-6-15-7-12-8/h6-7H,4-5,11H2,1-3H3. The molecule has 0 aliphatic heterocycles. The number of likely N-dealkylation sites (N-methyl/N-ethyl adjacent to an activating group) is 1. The van der Waals surface area contributed by atoms with Crippen LogP contribution in [0.3, 0.4) is 0 Å². The summed E-state index contributed by atoms with van der Waals surface area (Å²) in [5, 5.41) is 1.93. The SMILES string of the molecule is CCC(C)(N)C(=O)N(C)Cc1cscn1.